The first-order valence-corrected chi connectivity index (χ1v) is 8.39. The Morgan fingerprint density at radius 2 is 1.85 bits per heavy atom. The van der Waals surface area contributed by atoms with Crippen molar-refractivity contribution in [3.05, 3.63) is 82.5 Å². The first-order valence-electron chi connectivity index (χ1n) is 8.01. The number of amides is 1. The summed E-state index contributed by atoms with van der Waals surface area (Å²) in [4.78, 5) is 23.5. The summed E-state index contributed by atoms with van der Waals surface area (Å²) in [6.07, 6.45) is 0. The third-order valence-corrected chi connectivity index (χ3v) is 3.99. The van der Waals surface area contributed by atoms with Gasteiger partial charge in [0, 0.05) is 11.3 Å². The molecule has 0 bridgehead atoms. The molecule has 7 heteroatoms. The van der Waals surface area contributed by atoms with E-state index in [9.17, 15) is 14.0 Å². The van der Waals surface area contributed by atoms with Crippen molar-refractivity contribution in [1.29, 1.82) is 0 Å². The minimum Gasteiger partial charge on any atom is -0.484 e. The minimum atomic E-state index is -0.458. The van der Waals surface area contributed by atoms with E-state index in [1.165, 1.54) is 25.1 Å². The zero-order valence-corrected chi connectivity index (χ0v) is 15.0. The van der Waals surface area contributed by atoms with E-state index in [1.54, 1.807) is 30.3 Å². The summed E-state index contributed by atoms with van der Waals surface area (Å²) in [5.74, 6) is -0.116. The van der Waals surface area contributed by atoms with E-state index in [0.717, 1.165) is 6.07 Å². The zero-order chi connectivity index (χ0) is 19.4. The molecule has 1 amide bonds. The number of furan rings is 1. The molecular formula is C20H15ClFNO4. The minimum absolute atomic E-state index is 0.0337. The van der Waals surface area contributed by atoms with Gasteiger partial charge < -0.3 is 14.5 Å². The van der Waals surface area contributed by atoms with Crippen LogP contribution in [0.25, 0.3) is 0 Å². The van der Waals surface area contributed by atoms with Crippen molar-refractivity contribution >= 4 is 29.0 Å². The highest BCUT2D eigenvalue weighted by atomic mass is 35.5. The van der Waals surface area contributed by atoms with Gasteiger partial charge in [-0.05, 0) is 61.5 Å². The van der Waals surface area contributed by atoms with Crippen molar-refractivity contribution in [3.8, 4) is 5.75 Å². The van der Waals surface area contributed by atoms with Gasteiger partial charge in [-0.25, -0.2) is 4.39 Å². The van der Waals surface area contributed by atoms with E-state index in [-0.39, 0.29) is 23.2 Å². The number of nitrogens with one attached hydrogen (secondary N) is 1. The summed E-state index contributed by atoms with van der Waals surface area (Å²) in [5.41, 5.74) is 1.10. The van der Waals surface area contributed by atoms with Crippen molar-refractivity contribution in [3.63, 3.8) is 0 Å². The molecule has 3 aromatic rings. The second kappa shape index (κ2) is 8.05. The van der Waals surface area contributed by atoms with Gasteiger partial charge in [0.2, 0.25) is 0 Å². The quantitative estimate of drug-likeness (QED) is 0.597. The number of hydrogen-bond donors (Lipinski definition) is 1. The maximum absolute atomic E-state index is 13.0. The fourth-order valence-corrected chi connectivity index (χ4v) is 2.52. The van der Waals surface area contributed by atoms with Crippen LogP contribution in [0.15, 0.2) is 59.0 Å². The topological polar surface area (TPSA) is 68.5 Å². The van der Waals surface area contributed by atoms with E-state index in [4.69, 9.17) is 20.8 Å². The van der Waals surface area contributed by atoms with Crippen LogP contribution < -0.4 is 10.1 Å². The molecule has 0 radical (unpaired) electrons. The summed E-state index contributed by atoms with van der Waals surface area (Å²) < 4.78 is 23.9. The average Bonchev–Trinajstić information content (AvgIpc) is 3.10. The Balaban J connectivity index is 1.61. The smallest absolute Gasteiger partial charge is 0.291 e. The molecule has 0 aliphatic heterocycles. The number of ether oxygens (including phenoxy) is 1. The number of anilines is 1. The van der Waals surface area contributed by atoms with E-state index in [1.807, 2.05) is 0 Å². The van der Waals surface area contributed by atoms with Crippen LogP contribution in [0.3, 0.4) is 0 Å². The maximum atomic E-state index is 13.0. The van der Waals surface area contributed by atoms with Gasteiger partial charge in [-0.15, -0.1) is 0 Å². The SMILES string of the molecule is CC(=O)c1ccc(NC(=O)c2ccc(COc3ccc(F)cc3Cl)o2)cc1. The second-order valence-corrected chi connectivity index (χ2v) is 6.12. The molecule has 1 aromatic heterocycles. The zero-order valence-electron chi connectivity index (χ0n) is 14.3. The molecule has 1 heterocycles. The lowest BCUT2D eigenvalue weighted by Gasteiger charge is -2.06. The van der Waals surface area contributed by atoms with E-state index < -0.39 is 11.7 Å². The van der Waals surface area contributed by atoms with Crippen molar-refractivity contribution in [1.82, 2.24) is 0 Å². The average molecular weight is 388 g/mol. The molecule has 5 nitrogen and oxygen atoms in total. The number of carbonyl (C=O) groups excluding carboxylic acids is 2. The summed E-state index contributed by atoms with van der Waals surface area (Å²) in [7, 11) is 0. The highest BCUT2D eigenvalue weighted by Crippen LogP contribution is 2.26. The molecule has 0 atom stereocenters. The Kier molecular flexibility index (Phi) is 5.57. The first-order chi connectivity index (χ1) is 12.9. The van der Waals surface area contributed by atoms with Crippen molar-refractivity contribution in [2.24, 2.45) is 0 Å². The predicted molar refractivity (Wildman–Crippen MR) is 98.8 cm³/mol. The Bertz CT molecular complexity index is 982. The van der Waals surface area contributed by atoms with Gasteiger partial charge in [0.15, 0.2) is 11.5 Å². The van der Waals surface area contributed by atoms with Gasteiger partial charge in [0.1, 0.15) is 23.9 Å². The van der Waals surface area contributed by atoms with Crippen LogP contribution in [0.1, 0.15) is 33.6 Å². The molecule has 0 spiro atoms. The van der Waals surface area contributed by atoms with E-state index in [0.29, 0.717) is 22.8 Å². The second-order valence-electron chi connectivity index (χ2n) is 5.72. The van der Waals surface area contributed by atoms with Crippen LogP contribution in [0.2, 0.25) is 5.02 Å². The van der Waals surface area contributed by atoms with Gasteiger partial charge in [0.25, 0.3) is 5.91 Å². The van der Waals surface area contributed by atoms with Crippen LogP contribution in [0.5, 0.6) is 5.75 Å². The molecule has 27 heavy (non-hydrogen) atoms. The van der Waals surface area contributed by atoms with Gasteiger partial charge in [-0.2, -0.15) is 0 Å². The molecule has 0 aliphatic carbocycles. The molecule has 3 rings (SSSR count). The van der Waals surface area contributed by atoms with Crippen LogP contribution in [0, 0.1) is 5.82 Å². The van der Waals surface area contributed by atoms with Crippen LogP contribution in [0.4, 0.5) is 10.1 Å². The van der Waals surface area contributed by atoms with Crippen molar-refractivity contribution in [2.75, 3.05) is 5.32 Å². The van der Waals surface area contributed by atoms with E-state index >= 15 is 0 Å². The lowest BCUT2D eigenvalue weighted by molar-refractivity contribution is 0.0990. The Morgan fingerprint density at radius 3 is 2.52 bits per heavy atom. The molecule has 0 aliphatic rings. The molecule has 1 N–H and O–H groups in total. The van der Waals surface area contributed by atoms with Crippen molar-refractivity contribution in [2.45, 2.75) is 13.5 Å². The van der Waals surface area contributed by atoms with Gasteiger partial charge in [0.05, 0.1) is 5.02 Å². The van der Waals surface area contributed by atoms with Gasteiger partial charge in [-0.1, -0.05) is 11.6 Å². The third-order valence-electron chi connectivity index (χ3n) is 3.70. The number of Topliss-reactive ketones (excluding diaryl/α,β-unsaturated/α-hetero) is 1. The number of halogens is 2. The van der Waals surface area contributed by atoms with Crippen LogP contribution in [-0.4, -0.2) is 11.7 Å². The first kappa shape index (κ1) is 18.7. The lowest BCUT2D eigenvalue weighted by atomic mass is 10.1. The molecule has 138 valence electrons. The number of hydrogen-bond acceptors (Lipinski definition) is 4. The van der Waals surface area contributed by atoms with Gasteiger partial charge in [-0.3, -0.25) is 9.59 Å². The predicted octanol–water partition coefficient (Wildman–Crippen LogP) is 5.11. The fourth-order valence-electron chi connectivity index (χ4n) is 2.30. The summed E-state index contributed by atoms with van der Waals surface area (Å²) in [5, 5.41) is 2.83. The maximum Gasteiger partial charge on any atom is 0.291 e. The third kappa shape index (κ3) is 4.74. The van der Waals surface area contributed by atoms with Crippen LogP contribution >= 0.6 is 11.6 Å². The lowest BCUT2D eigenvalue weighted by Crippen LogP contribution is -2.11. The molecule has 0 saturated heterocycles. The standard InChI is InChI=1S/C20H15ClFNO4/c1-12(24)13-2-5-15(6-3-13)23-20(25)19-9-7-16(27-19)11-26-18-8-4-14(22)10-17(18)21/h2-10H,11H2,1H3,(H,23,25). The number of ketones is 1. The number of carbonyl (C=O) groups is 2. The summed E-state index contributed by atoms with van der Waals surface area (Å²) >= 11 is 5.89. The number of rotatable bonds is 6. The van der Waals surface area contributed by atoms with Gasteiger partial charge >= 0.3 is 0 Å². The Hall–Kier alpha value is -3.12. The normalized spacial score (nSPS) is 10.5. The van der Waals surface area contributed by atoms with Crippen LogP contribution in [-0.2, 0) is 6.61 Å². The van der Waals surface area contributed by atoms with Crippen molar-refractivity contribution < 1.29 is 23.1 Å². The highest BCUT2D eigenvalue weighted by Gasteiger charge is 2.13. The fraction of sp³-hybridized carbons (Fsp3) is 0.100. The Labute approximate surface area is 159 Å². The Morgan fingerprint density at radius 1 is 1.11 bits per heavy atom. The highest BCUT2D eigenvalue weighted by molar-refractivity contribution is 6.32. The largest absolute Gasteiger partial charge is 0.484 e. The molecule has 0 fully saturated rings. The number of benzene rings is 2. The summed E-state index contributed by atoms with van der Waals surface area (Å²) in [6.45, 7) is 1.51. The summed E-state index contributed by atoms with van der Waals surface area (Å²) in [6, 6.07) is 13.5. The molecule has 2 aromatic carbocycles. The monoisotopic (exact) mass is 387 g/mol. The van der Waals surface area contributed by atoms with E-state index in [2.05, 4.69) is 5.32 Å². The molecule has 0 unspecified atom stereocenters. The molecular weight excluding hydrogens is 373 g/mol. The molecule has 0 saturated carbocycles.